The zero-order valence-electron chi connectivity index (χ0n) is 11.6. The monoisotopic (exact) mass is 286 g/mol. The van der Waals surface area contributed by atoms with E-state index in [-0.39, 0.29) is 5.91 Å². The molecule has 0 aliphatic heterocycles. The summed E-state index contributed by atoms with van der Waals surface area (Å²) in [6, 6.07) is 8.60. The van der Waals surface area contributed by atoms with E-state index >= 15 is 0 Å². The van der Waals surface area contributed by atoms with E-state index in [1.807, 2.05) is 0 Å². The van der Waals surface area contributed by atoms with Gasteiger partial charge in [0.05, 0.1) is 31.7 Å². The molecule has 0 bridgehead atoms. The highest BCUT2D eigenvalue weighted by molar-refractivity contribution is 6.06. The summed E-state index contributed by atoms with van der Waals surface area (Å²) in [5.41, 5.74) is 2.36. The van der Waals surface area contributed by atoms with E-state index in [4.69, 9.17) is 13.9 Å². The van der Waals surface area contributed by atoms with Gasteiger partial charge in [0.1, 0.15) is 17.2 Å². The summed E-state index contributed by atoms with van der Waals surface area (Å²) in [7, 11) is 3.10. The Morgan fingerprint density at radius 2 is 2.05 bits per heavy atom. The average Bonchev–Trinajstić information content (AvgIpc) is 3.08. The maximum Gasteiger partial charge on any atom is 0.272 e. The van der Waals surface area contributed by atoms with Crippen LogP contribution in [0.4, 0.5) is 5.69 Å². The molecule has 2 heterocycles. The Bertz CT molecular complexity index is 759. The van der Waals surface area contributed by atoms with Crippen LogP contribution in [-0.4, -0.2) is 25.1 Å². The van der Waals surface area contributed by atoms with Gasteiger partial charge < -0.3 is 24.2 Å². The molecule has 108 valence electrons. The molecule has 1 amide bonds. The highest BCUT2D eigenvalue weighted by Gasteiger charge is 2.14. The van der Waals surface area contributed by atoms with Crippen molar-refractivity contribution in [3.05, 3.63) is 42.3 Å². The van der Waals surface area contributed by atoms with Crippen molar-refractivity contribution in [2.24, 2.45) is 0 Å². The third-order valence-corrected chi connectivity index (χ3v) is 3.14. The van der Waals surface area contributed by atoms with Gasteiger partial charge in [0.25, 0.3) is 5.91 Å². The van der Waals surface area contributed by atoms with Gasteiger partial charge in [-0.15, -0.1) is 0 Å². The lowest BCUT2D eigenvalue weighted by Gasteiger charge is -2.11. The van der Waals surface area contributed by atoms with Crippen molar-refractivity contribution in [2.75, 3.05) is 19.5 Å². The normalized spacial score (nSPS) is 10.6. The summed E-state index contributed by atoms with van der Waals surface area (Å²) in [5, 5.41) is 2.79. The number of anilines is 1. The van der Waals surface area contributed by atoms with E-state index in [1.54, 1.807) is 50.8 Å². The summed E-state index contributed by atoms with van der Waals surface area (Å²) in [6.07, 6.45) is 1.56. The van der Waals surface area contributed by atoms with Crippen LogP contribution < -0.4 is 14.8 Å². The van der Waals surface area contributed by atoms with Gasteiger partial charge in [-0.25, -0.2) is 0 Å². The molecule has 2 N–H and O–H groups in total. The number of nitrogens with one attached hydrogen (secondary N) is 2. The molecular weight excluding hydrogens is 272 g/mol. The molecule has 0 unspecified atom stereocenters. The van der Waals surface area contributed by atoms with Crippen LogP contribution in [0.5, 0.6) is 11.5 Å². The molecule has 0 saturated carbocycles. The van der Waals surface area contributed by atoms with Crippen LogP contribution in [-0.2, 0) is 0 Å². The molecule has 2 aromatic heterocycles. The van der Waals surface area contributed by atoms with E-state index in [9.17, 15) is 4.79 Å². The van der Waals surface area contributed by atoms with Gasteiger partial charge in [0.15, 0.2) is 5.58 Å². The maximum atomic E-state index is 12.3. The van der Waals surface area contributed by atoms with Crippen LogP contribution in [0.1, 0.15) is 10.5 Å². The number of rotatable bonds is 4. The van der Waals surface area contributed by atoms with Crippen molar-refractivity contribution < 1.29 is 18.7 Å². The fourth-order valence-electron chi connectivity index (χ4n) is 2.07. The Balaban J connectivity index is 1.88. The first-order valence-corrected chi connectivity index (χ1v) is 6.31. The molecule has 6 heteroatoms. The van der Waals surface area contributed by atoms with Crippen molar-refractivity contribution in [1.29, 1.82) is 0 Å². The minimum Gasteiger partial charge on any atom is -0.497 e. The number of H-pyrrole nitrogens is 1. The van der Waals surface area contributed by atoms with Crippen LogP contribution >= 0.6 is 0 Å². The topological polar surface area (TPSA) is 76.5 Å². The van der Waals surface area contributed by atoms with E-state index in [1.165, 1.54) is 0 Å². The lowest BCUT2D eigenvalue weighted by molar-refractivity contribution is 0.102. The van der Waals surface area contributed by atoms with Gasteiger partial charge in [-0.1, -0.05) is 0 Å². The summed E-state index contributed by atoms with van der Waals surface area (Å²) in [4.78, 5) is 15.3. The minimum absolute atomic E-state index is 0.284. The molecule has 6 nitrogen and oxygen atoms in total. The summed E-state index contributed by atoms with van der Waals surface area (Å²) >= 11 is 0. The average molecular weight is 286 g/mol. The van der Waals surface area contributed by atoms with Gasteiger partial charge in [-0.05, 0) is 12.1 Å². The molecule has 0 fully saturated rings. The second-order valence-corrected chi connectivity index (χ2v) is 4.40. The summed E-state index contributed by atoms with van der Waals surface area (Å²) in [6.45, 7) is 0. The Hall–Kier alpha value is -2.89. The van der Waals surface area contributed by atoms with Crippen LogP contribution in [0.25, 0.3) is 11.1 Å². The first kappa shape index (κ1) is 13.1. The van der Waals surface area contributed by atoms with E-state index in [0.717, 1.165) is 5.52 Å². The number of amides is 1. The standard InChI is InChI=1S/C15H14N2O4/c1-19-9-3-4-13(20-2)11(7-9)17-15(18)12-8-14-10(16-12)5-6-21-14/h3-8,16H,1-2H3,(H,17,18). The van der Waals surface area contributed by atoms with Gasteiger partial charge in [0, 0.05) is 18.2 Å². The number of aromatic nitrogens is 1. The first-order chi connectivity index (χ1) is 10.2. The molecule has 0 aliphatic rings. The molecule has 0 spiro atoms. The van der Waals surface area contributed by atoms with E-state index in [2.05, 4.69) is 10.3 Å². The lowest BCUT2D eigenvalue weighted by atomic mass is 10.2. The predicted octanol–water partition coefficient (Wildman–Crippen LogP) is 3.03. The smallest absolute Gasteiger partial charge is 0.272 e. The van der Waals surface area contributed by atoms with Crippen LogP contribution in [0, 0.1) is 0 Å². The Morgan fingerprint density at radius 1 is 1.19 bits per heavy atom. The number of benzene rings is 1. The summed E-state index contributed by atoms with van der Waals surface area (Å²) in [5.74, 6) is 0.902. The predicted molar refractivity (Wildman–Crippen MR) is 78.1 cm³/mol. The Kier molecular flexibility index (Phi) is 3.27. The highest BCUT2D eigenvalue weighted by Crippen LogP contribution is 2.29. The van der Waals surface area contributed by atoms with Crippen LogP contribution in [0.2, 0.25) is 0 Å². The third-order valence-electron chi connectivity index (χ3n) is 3.14. The van der Waals surface area contributed by atoms with Crippen molar-refractivity contribution in [2.45, 2.75) is 0 Å². The molecule has 0 saturated heterocycles. The van der Waals surface area contributed by atoms with Gasteiger partial charge in [0.2, 0.25) is 0 Å². The second-order valence-electron chi connectivity index (χ2n) is 4.40. The number of furan rings is 1. The molecule has 1 aromatic carbocycles. The van der Waals surface area contributed by atoms with Crippen LogP contribution in [0.15, 0.2) is 41.0 Å². The van der Waals surface area contributed by atoms with E-state index in [0.29, 0.717) is 28.5 Å². The number of hydrogen-bond donors (Lipinski definition) is 2. The van der Waals surface area contributed by atoms with Crippen molar-refractivity contribution >= 4 is 22.7 Å². The third kappa shape index (κ3) is 2.43. The number of aromatic amines is 1. The number of ether oxygens (including phenoxy) is 2. The second kappa shape index (κ2) is 5.24. The van der Waals surface area contributed by atoms with Crippen molar-refractivity contribution in [3.63, 3.8) is 0 Å². The minimum atomic E-state index is -0.284. The maximum absolute atomic E-state index is 12.3. The Labute approximate surface area is 120 Å². The zero-order chi connectivity index (χ0) is 14.8. The largest absolute Gasteiger partial charge is 0.497 e. The number of carbonyl (C=O) groups excluding carboxylic acids is 1. The zero-order valence-corrected chi connectivity index (χ0v) is 11.6. The van der Waals surface area contributed by atoms with Gasteiger partial charge in [-0.3, -0.25) is 4.79 Å². The first-order valence-electron chi connectivity index (χ1n) is 6.31. The molecule has 3 aromatic rings. The van der Waals surface area contributed by atoms with Gasteiger partial charge in [-0.2, -0.15) is 0 Å². The molecule has 0 atom stereocenters. The lowest BCUT2D eigenvalue weighted by Crippen LogP contribution is -2.13. The fraction of sp³-hybridized carbons (Fsp3) is 0.133. The number of methoxy groups -OCH3 is 2. The van der Waals surface area contributed by atoms with Crippen molar-refractivity contribution in [3.8, 4) is 11.5 Å². The number of hydrogen-bond acceptors (Lipinski definition) is 4. The molecule has 0 aliphatic carbocycles. The molecule has 3 rings (SSSR count). The van der Waals surface area contributed by atoms with Crippen molar-refractivity contribution in [1.82, 2.24) is 4.98 Å². The Morgan fingerprint density at radius 3 is 2.76 bits per heavy atom. The summed E-state index contributed by atoms with van der Waals surface area (Å²) < 4.78 is 15.6. The number of carbonyl (C=O) groups is 1. The molecular formula is C15H14N2O4. The van der Waals surface area contributed by atoms with Gasteiger partial charge >= 0.3 is 0 Å². The van der Waals surface area contributed by atoms with E-state index < -0.39 is 0 Å². The van der Waals surface area contributed by atoms with Crippen LogP contribution in [0.3, 0.4) is 0 Å². The quantitative estimate of drug-likeness (QED) is 0.773. The fourth-order valence-corrected chi connectivity index (χ4v) is 2.07. The SMILES string of the molecule is COc1ccc(OC)c(NC(=O)c2cc3occc3[nH]2)c1. The molecule has 21 heavy (non-hydrogen) atoms. The molecule has 0 radical (unpaired) electrons. The highest BCUT2D eigenvalue weighted by atomic mass is 16.5. The number of fused-ring (bicyclic) bond motifs is 1.